The molecule has 7 nitrogen and oxygen atoms in total. The number of nitrogens with zero attached hydrogens (tertiary/aromatic N) is 2. The van der Waals surface area contributed by atoms with Crippen molar-refractivity contribution < 1.29 is 14.7 Å². The Morgan fingerprint density at radius 2 is 1.86 bits per heavy atom. The topological polar surface area (TPSA) is 104 Å². The molecule has 1 fully saturated rings. The van der Waals surface area contributed by atoms with Crippen LogP contribution < -0.4 is 10.6 Å². The molecule has 2 rings (SSSR count). The maximum atomic E-state index is 11.9. The Morgan fingerprint density at radius 3 is 2.48 bits per heavy atom. The summed E-state index contributed by atoms with van der Waals surface area (Å²) < 4.78 is 0. The van der Waals surface area contributed by atoms with Crippen LogP contribution in [0.2, 0.25) is 0 Å². The third kappa shape index (κ3) is 4.70. The molecule has 0 saturated heterocycles. The monoisotopic (exact) mass is 292 g/mol. The highest BCUT2D eigenvalue weighted by Gasteiger charge is 2.34. The molecule has 0 radical (unpaired) electrons. The molecule has 0 bridgehead atoms. The number of aliphatic carboxylic acids is 1. The van der Waals surface area contributed by atoms with Crippen molar-refractivity contribution in [2.45, 2.75) is 38.5 Å². The number of carboxylic acids is 1. The number of urea groups is 1. The maximum absolute atomic E-state index is 11.9. The molecule has 3 N–H and O–H groups in total. The molecule has 2 amide bonds. The number of rotatable bonds is 5. The summed E-state index contributed by atoms with van der Waals surface area (Å²) in [6.07, 6.45) is 9.33. The van der Waals surface area contributed by atoms with Gasteiger partial charge in [0.15, 0.2) is 0 Å². The Kier molecular flexibility index (Phi) is 5.08. The molecular weight excluding hydrogens is 272 g/mol. The van der Waals surface area contributed by atoms with E-state index in [4.69, 9.17) is 5.11 Å². The minimum absolute atomic E-state index is 0.0989. The molecule has 1 heterocycles. The second kappa shape index (κ2) is 7.01. The molecule has 114 valence electrons. The van der Waals surface area contributed by atoms with Crippen LogP contribution in [-0.2, 0) is 4.79 Å². The van der Waals surface area contributed by atoms with Crippen molar-refractivity contribution in [3.05, 3.63) is 18.7 Å². The van der Waals surface area contributed by atoms with Gasteiger partial charge in [0.1, 0.15) is 6.33 Å². The molecule has 0 aliphatic heterocycles. The molecule has 7 heteroatoms. The highest BCUT2D eigenvalue weighted by molar-refractivity contribution is 5.88. The minimum Gasteiger partial charge on any atom is -0.481 e. The fourth-order valence-corrected chi connectivity index (χ4v) is 2.85. The Balaban J connectivity index is 1.89. The minimum atomic E-state index is -0.810. The number of hydrogen-bond donors (Lipinski definition) is 3. The van der Waals surface area contributed by atoms with E-state index in [0.29, 0.717) is 12.2 Å². The Morgan fingerprint density at radius 1 is 1.19 bits per heavy atom. The van der Waals surface area contributed by atoms with Crippen LogP contribution in [-0.4, -0.2) is 33.6 Å². The van der Waals surface area contributed by atoms with Gasteiger partial charge in [-0.05, 0) is 18.3 Å². The molecule has 1 aliphatic rings. The van der Waals surface area contributed by atoms with E-state index in [1.54, 1.807) is 0 Å². The fraction of sp³-hybridized carbons (Fsp3) is 0.571. The first-order valence-corrected chi connectivity index (χ1v) is 7.11. The van der Waals surface area contributed by atoms with E-state index in [-0.39, 0.29) is 17.9 Å². The van der Waals surface area contributed by atoms with E-state index < -0.39 is 5.97 Å². The number of carboxylic acid groups (broad SMARTS) is 1. The standard InChI is InChI=1S/C14H20N4O3/c19-12(20)6-14(4-2-1-3-5-14)9-17-13(21)18-11-7-15-10-16-8-11/h7-8,10H,1-6,9H2,(H,19,20)(H2,17,18,21). The smallest absolute Gasteiger partial charge is 0.319 e. The average molecular weight is 292 g/mol. The van der Waals surface area contributed by atoms with Gasteiger partial charge in [0.05, 0.1) is 24.5 Å². The average Bonchev–Trinajstić information content (AvgIpc) is 2.47. The highest BCUT2D eigenvalue weighted by atomic mass is 16.4. The molecule has 0 unspecified atom stereocenters. The molecule has 1 aromatic rings. The van der Waals surface area contributed by atoms with Crippen molar-refractivity contribution >= 4 is 17.7 Å². The first kappa shape index (κ1) is 15.2. The van der Waals surface area contributed by atoms with Crippen LogP contribution >= 0.6 is 0 Å². The lowest BCUT2D eigenvalue weighted by Crippen LogP contribution is -2.42. The number of carbonyl (C=O) groups is 2. The predicted molar refractivity (Wildman–Crippen MR) is 76.8 cm³/mol. The van der Waals surface area contributed by atoms with E-state index in [0.717, 1.165) is 32.1 Å². The van der Waals surface area contributed by atoms with Gasteiger partial charge in [-0.1, -0.05) is 19.3 Å². The summed E-state index contributed by atoms with van der Waals surface area (Å²) in [5, 5.41) is 14.5. The van der Waals surface area contributed by atoms with E-state index in [9.17, 15) is 9.59 Å². The SMILES string of the molecule is O=C(O)CC1(CNC(=O)Nc2cncnc2)CCCCC1. The molecule has 21 heavy (non-hydrogen) atoms. The number of amides is 2. The number of carbonyl (C=O) groups excluding carboxylic acids is 1. The first-order chi connectivity index (χ1) is 10.1. The van der Waals surface area contributed by atoms with Gasteiger partial charge in [0, 0.05) is 6.54 Å². The quantitative estimate of drug-likeness (QED) is 0.770. The second-order valence-electron chi connectivity index (χ2n) is 5.57. The normalized spacial score (nSPS) is 17.0. The summed E-state index contributed by atoms with van der Waals surface area (Å²) in [7, 11) is 0. The van der Waals surface area contributed by atoms with Gasteiger partial charge in [-0.2, -0.15) is 0 Å². The number of aromatic nitrogens is 2. The molecule has 1 aromatic heterocycles. The van der Waals surface area contributed by atoms with E-state index in [1.807, 2.05) is 0 Å². The van der Waals surface area contributed by atoms with Crippen molar-refractivity contribution in [2.75, 3.05) is 11.9 Å². The second-order valence-corrected chi connectivity index (χ2v) is 5.57. The van der Waals surface area contributed by atoms with Crippen molar-refractivity contribution in [1.82, 2.24) is 15.3 Å². The zero-order valence-electron chi connectivity index (χ0n) is 11.8. The highest BCUT2D eigenvalue weighted by Crippen LogP contribution is 2.38. The Labute approximate surface area is 123 Å². The molecule has 1 aliphatic carbocycles. The summed E-state index contributed by atoms with van der Waals surface area (Å²) in [4.78, 5) is 30.5. The van der Waals surface area contributed by atoms with Crippen LogP contribution in [0.5, 0.6) is 0 Å². The van der Waals surface area contributed by atoms with Gasteiger partial charge in [-0.15, -0.1) is 0 Å². The van der Waals surface area contributed by atoms with Crippen LogP contribution in [0, 0.1) is 5.41 Å². The van der Waals surface area contributed by atoms with Gasteiger partial charge in [0.25, 0.3) is 0 Å². The van der Waals surface area contributed by atoms with Crippen LogP contribution in [0.3, 0.4) is 0 Å². The molecule has 0 aromatic carbocycles. The summed E-state index contributed by atoms with van der Waals surface area (Å²) in [5.74, 6) is -0.810. The number of anilines is 1. The van der Waals surface area contributed by atoms with Gasteiger partial charge < -0.3 is 15.7 Å². The third-order valence-electron chi connectivity index (χ3n) is 3.88. The summed E-state index contributed by atoms with van der Waals surface area (Å²) >= 11 is 0. The zero-order valence-corrected chi connectivity index (χ0v) is 11.8. The summed E-state index contributed by atoms with van der Waals surface area (Å²) in [6.45, 7) is 0.374. The molecular formula is C14H20N4O3. The lowest BCUT2D eigenvalue weighted by atomic mass is 9.72. The zero-order chi connectivity index (χ0) is 15.1. The first-order valence-electron chi connectivity index (χ1n) is 7.11. The van der Waals surface area contributed by atoms with Gasteiger partial charge in [0.2, 0.25) is 0 Å². The molecule has 0 spiro atoms. The van der Waals surface area contributed by atoms with Crippen molar-refractivity contribution in [2.24, 2.45) is 5.41 Å². The number of nitrogens with one attached hydrogen (secondary N) is 2. The summed E-state index contributed by atoms with van der Waals surface area (Å²) in [6, 6.07) is -0.361. The number of hydrogen-bond acceptors (Lipinski definition) is 4. The molecule has 0 atom stereocenters. The van der Waals surface area contributed by atoms with E-state index in [2.05, 4.69) is 20.6 Å². The third-order valence-corrected chi connectivity index (χ3v) is 3.88. The van der Waals surface area contributed by atoms with E-state index in [1.165, 1.54) is 18.7 Å². The van der Waals surface area contributed by atoms with Gasteiger partial charge in [-0.3, -0.25) is 4.79 Å². The summed E-state index contributed by atoms with van der Waals surface area (Å²) in [5.41, 5.74) is 0.181. The van der Waals surface area contributed by atoms with Crippen LogP contribution in [0.15, 0.2) is 18.7 Å². The van der Waals surface area contributed by atoms with Gasteiger partial charge >= 0.3 is 12.0 Å². The van der Waals surface area contributed by atoms with Crippen molar-refractivity contribution in [1.29, 1.82) is 0 Å². The van der Waals surface area contributed by atoms with Crippen LogP contribution in [0.1, 0.15) is 38.5 Å². The predicted octanol–water partition coefficient (Wildman–Crippen LogP) is 2.02. The largest absolute Gasteiger partial charge is 0.481 e. The Hall–Kier alpha value is -2.18. The van der Waals surface area contributed by atoms with Crippen molar-refractivity contribution in [3.63, 3.8) is 0 Å². The van der Waals surface area contributed by atoms with Crippen molar-refractivity contribution in [3.8, 4) is 0 Å². The lowest BCUT2D eigenvalue weighted by Gasteiger charge is -2.36. The van der Waals surface area contributed by atoms with Crippen LogP contribution in [0.4, 0.5) is 10.5 Å². The molecule has 1 saturated carbocycles. The lowest BCUT2D eigenvalue weighted by molar-refractivity contribution is -0.140. The maximum Gasteiger partial charge on any atom is 0.319 e. The van der Waals surface area contributed by atoms with E-state index >= 15 is 0 Å². The van der Waals surface area contributed by atoms with Crippen LogP contribution in [0.25, 0.3) is 0 Å². The fourth-order valence-electron chi connectivity index (χ4n) is 2.85. The van der Waals surface area contributed by atoms with Gasteiger partial charge in [-0.25, -0.2) is 14.8 Å². The Bertz CT molecular complexity index is 486.